The van der Waals surface area contributed by atoms with Crippen LogP contribution in [0.15, 0.2) is 54.6 Å². The molecule has 1 fully saturated rings. The van der Waals surface area contributed by atoms with E-state index in [-0.39, 0.29) is 19.2 Å². The number of benzene rings is 2. The first-order valence-electron chi connectivity index (χ1n) is 13.6. The minimum atomic E-state index is -0.528. The monoisotopic (exact) mass is 532 g/mol. The molecule has 0 aliphatic carbocycles. The van der Waals surface area contributed by atoms with Gasteiger partial charge in [0.2, 0.25) is 11.8 Å². The van der Waals surface area contributed by atoms with E-state index in [1.54, 1.807) is 0 Å². The van der Waals surface area contributed by atoms with Crippen LogP contribution in [0.4, 0.5) is 11.5 Å². The molecule has 1 amide bonds. The highest BCUT2D eigenvalue weighted by Gasteiger charge is 2.27. The summed E-state index contributed by atoms with van der Waals surface area (Å²) in [5.74, 6) is 0.316. The number of anilines is 2. The van der Waals surface area contributed by atoms with Crippen molar-refractivity contribution < 1.29 is 23.8 Å². The number of hydrogen-bond acceptors (Lipinski definition) is 8. The molecule has 1 saturated heterocycles. The van der Waals surface area contributed by atoms with Crippen LogP contribution in [0.1, 0.15) is 24.8 Å². The molecule has 0 saturated carbocycles. The summed E-state index contributed by atoms with van der Waals surface area (Å²) in [6.45, 7) is 5.41. The van der Waals surface area contributed by atoms with Crippen LogP contribution in [0.3, 0.4) is 0 Å². The van der Waals surface area contributed by atoms with Gasteiger partial charge < -0.3 is 19.1 Å². The van der Waals surface area contributed by atoms with Crippen molar-refractivity contribution in [3.63, 3.8) is 0 Å². The van der Waals surface area contributed by atoms with Gasteiger partial charge in [0.25, 0.3) is 0 Å². The maximum absolute atomic E-state index is 12.5. The summed E-state index contributed by atoms with van der Waals surface area (Å²) in [6.07, 6.45) is 2.92. The summed E-state index contributed by atoms with van der Waals surface area (Å²) >= 11 is 0. The topological polar surface area (TPSA) is 84.4 Å². The molecule has 2 aliphatic rings. The van der Waals surface area contributed by atoms with Gasteiger partial charge in [-0.3, -0.25) is 14.6 Å². The molecule has 9 heteroatoms. The lowest BCUT2D eigenvalue weighted by atomic mass is 10.1. The van der Waals surface area contributed by atoms with Crippen LogP contribution in [-0.4, -0.2) is 81.5 Å². The Labute approximate surface area is 229 Å². The summed E-state index contributed by atoms with van der Waals surface area (Å²) < 4.78 is 15.9. The van der Waals surface area contributed by atoms with Crippen LogP contribution in [-0.2, 0) is 25.5 Å². The second kappa shape index (κ2) is 12.9. The Hall–Kier alpha value is -3.69. The average molecular weight is 533 g/mol. The summed E-state index contributed by atoms with van der Waals surface area (Å²) in [4.78, 5) is 35.1. The number of aromatic nitrogens is 1. The molecular formula is C30H36N4O5. The first-order chi connectivity index (χ1) is 19.1. The highest BCUT2D eigenvalue weighted by atomic mass is 16.6. The largest absolute Gasteiger partial charge is 0.478 e. The normalized spacial score (nSPS) is 15.9. The molecule has 0 atom stereocenters. The predicted octanol–water partition coefficient (Wildman–Crippen LogP) is 3.64. The third kappa shape index (κ3) is 6.66. The number of rotatable bonds is 11. The van der Waals surface area contributed by atoms with E-state index in [9.17, 15) is 9.59 Å². The number of carbonyl (C=O) groups excluding carboxylic acids is 2. The fraction of sp³-hybridized carbons (Fsp3) is 0.433. The van der Waals surface area contributed by atoms with E-state index in [0.717, 1.165) is 51.1 Å². The van der Waals surface area contributed by atoms with Crippen molar-refractivity contribution in [2.75, 3.05) is 69.6 Å². The second-order valence-corrected chi connectivity index (χ2v) is 9.91. The van der Waals surface area contributed by atoms with Gasteiger partial charge in [-0.2, -0.15) is 4.98 Å². The standard InChI is InChI=1S/C30H36N4O5/c1-37-21-29(36)39-22-34-28(35)14-12-24-11-13-27(31-30(24)34)38-20-5-4-15-32-16-18-33(19-17-32)26-10-6-8-23-7-2-3-9-25(23)26/h2-3,6-11,13H,4-5,12,14-22H2,1H3. The Kier molecular flexibility index (Phi) is 8.90. The van der Waals surface area contributed by atoms with E-state index >= 15 is 0 Å². The van der Waals surface area contributed by atoms with Gasteiger partial charge in [-0.15, -0.1) is 0 Å². The Balaban J connectivity index is 1.06. The third-order valence-electron chi connectivity index (χ3n) is 7.31. The number of fused-ring (bicyclic) bond motifs is 2. The number of piperazine rings is 1. The van der Waals surface area contributed by atoms with Crippen LogP contribution in [0.5, 0.6) is 5.88 Å². The number of pyridine rings is 1. The van der Waals surface area contributed by atoms with Gasteiger partial charge in [0.1, 0.15) is 12.4 Å². The second-order valence-electron chi connectivity index (χ2n) is 9.91. The van der Waals surface area contributed by atoms with Crippen LogP contribution in [0.25, 0.3) is 10.8 Å². The maximum atomic E-state index is 12.5. The molecule has 0 unspecified atom stereocenters. The first-order valence-corrected chi connectivity index (χ1v) is 13.6. The van der Waals surface area contributed by atoms with Gasteiger partial charge in [-0.25, -0.2) is 4.79 Å². The minimum absolute atomic E-state index is 0.127. The predicted molar refractivity (Wildman–Crippen MR) is 150 cm³/mol. The van der Waals surface area contributed by atoms with Gasteiger partial charge >= 0.3 is 5.97 Å². The summed E-state index contributed by atoms with van der Waals surface area (Å²) in [5, 5.41) is 2.61. The molecule has 0 radical (unpaired) electrons. The van der Waals surface area contributed by atoms with Crippen molar-refractivity contribution in [3.05, 3.63) is 60.2 Å². The molecule has 39 heavy (non-hydrogen) atoms. The molecule has 0 bridgehead atoms. The summed E-state index contributed by atoms with van der Waals surface area (Å²) in [7, 11) is 1.42. The number of ether oxygens (including phenoxy) is 3. The number of methoxy groups -OCH3 is 1. The SMILES string of the molecule is COCC(=O)OCN1C(=O)CCc2ccc(OCCCCN3CCN(c4cccc5ccccc45)CC3)nc21. The van der Waals surface area contributed by atoms with Crippen molar-refractivity contribution in [2.24, 2.45) is 0 Å². The van der Waals surface area contributed by atoms with E-state index in [1.165, 1.54) is 28.5 Å². The number of amides is 1. The molecule has 5 rings (SSSR count). The van der Waals surface area contributed by atoms with Crippen molar-refractivity contribution in [1.82, 2.24) is 9.88 Å². The molecule has 1 aromatic heterocycles. The highest BCUT2D eigenvalue weighted by Crippen LogP contribution is 2.29. The number of carbonyl (C=O) groups is 2. The molecule has 2 aromatic carbocycles. The van der Waals surface area contributed by atoms with Gasteiger partial charge in [-0.1, -0.05) is 36.4 Å². The smallest absolute Gasteiger partial charge is 0.333 e. The Morgan fingerprint density at radius 3 is 2.62 bits per heavy atom. The van der Waals surface area contributed by atoms with Crippen molar-refractivity contribution >= 4 is 34.2 Å². The fourth-order valence-corrected chi connectivity index (χ4v) is 5.20. The van der Waals surface area contributed by atoms with Crippen molar-refractivity contribution in [2.45, 2.75) is 25.7 Å². The van der Waals surface area contributed by atoms with Crippen LogP contribution >= 0.6 is 0 Å². The van der Waals surface area contributed by atoms with E-state index in [1.807, 2.05) is 12.1 Å². The quantitative estimate of drug-likeness (QED) is 0.273. The first kappa shape index (κ1) is 26.9. The molecule has 206 valence electrons. The highest BCUT2D eigenvalue weighted by molar-refractivity contribution is 5.95. The van der Waals surface area contributed by atoms with Gasteiger partial charge in [0.15, 0.2) is 6.73 Å². The third-order valence-corrected chi connectivity index (χ3v) is 7.31. The maximum Gasteiger partial charge on any atom is 0.333 e. The lowest BCUT2D eigenvalue weighted by Gasteiger charge is -2.36. The Bertz CT molecular complexity index is 1290. The van der Waals surface area contributed by atoms with E-state index in [2.05, 4.69) is 57.2 Å². The molecule has 0 spiro atoms. The zero-order valence-electron chi connectivity index (χ0n) is 22.5. The minimum Gasteiger partial charge on any atom is -0.478 e. The zero-order chi connectivity index (χ0) is 27.0. The lowest BCUT2D eigenvalue weighted by Crippen LogP contribution is -2.46. The van der Waals surface area contributed by atoms with Crippen LogP contribution in [0, 0.1) is 0 Å². The van der Waals surface area contributed by atoms with Gasteiger partial charge in [0.05, 0.1) is 6.61 Å². The molecule has 9 nitrogen and oxygen atoms in total. The zero-order valence-corrected chi connectivity index (χ0v) is 22.5. The number of aryl methyl sites for hydroxylation is 1. The number of nitrogens with zero attached hydrogens (tertiary/aromatic N) is 4. The van der Waals surface area contributed by atoms with Crippen LogP contribution in [0.2, 0.25) is 0 Å². The van der Waals surface area contributed by atoms with E-state index in [4.69, 9.17) is 14.2 Å². The van der Waals surface area contributed by atoms with Gasteiger partial charge in [-0.05, 0) is 48.9 Å². The number of hydrogen-bond donors (Lipinski definition) is 0. The molecular weight excluding hydrogens is 496 g/mol. The Morgan fingerprint density at radius 1 is 0.949 bits per heavy atom. The molecule has 3 aromatic rings. The van der Waals surface area contributed by atoms with Crippen LogP contribution < -0.4 is 14.5 Å². The average Bonchev–Trinajstić information content (AvgIpc) is 2.96. The van der Waals surface area contributed by atoms with Gasteiger partial charge in [0, 0.05) is 56.8 Å². The summed E-state index contributed by atoms with van der Waals surface area (Å²) in [6, 6.07) is 18.9. The lowest BCUT2D eigenvalue weighted by molar-refractivity contribution is -0.148. The van der Waals surface area contributed by atoms with E-state index < -0.39 is 5.97 Å². The number of unbranched alkanes of at least 4 members (excludes halogenated alkanes) is 1. The summed E-state index contributed by atoms with van der Waals surface area (Å²) in [5.41, 5.74) is 2.26. The van der Waals surface area contributed by atoms with Crippen molar-refractivity contribution in [1.29, 1.82) is 0 Å². The molecule has 3 heterocycles. The Morgan fingerprint density at radius 2 is 1.77 bits per heavy atom. The molecule has 0 N–H and O–H groups in total. The van der Waals surface area contributed by atoms with Crippen molar-refractivity contribution in [3.8, 4) is 5.88 Å². The number of esters is 1. The molecule has 2 aliphatic heterocycles. The fourth-order valence-electron chi connectivity index (χ4n) is 5.20. The van der Waals surface area contributed by atoms with E-state index in [0.29, 0.717) is 31.1 Å².